The molecule has 0 amide bonds. The highest BCUT2D eigenvalue weighted by atomic mass is 32.2. The molecule has 0 unspecified atom stereocenters. The van der Waals surface area contributed by atoms with E-state index in [1.165, 1.54) is 0 Å². The number of thiocarbonyl (C=S) groups is 1. The Hall–Kier alpha value is -1.73. The number of hydrogen-bond acceptors (Lipinski definition) is 5. The van der Waals surface area contributed by atoms with Gasteiger partial charge in [0, 0.05) is 24.7 Å². The summed E-state index contributed by atoms with van der Waals surface area (Å²) in [5.41, 5.74) is 8.25. The van der Waals surface area contributed by atoms with Gasteiger partial charge in [0.15, 0.2) is 9.84 Å². The first-order valence-corrected chi connectivity index (χ1v) is 8.84. The van der Waals surface area contributed by atoms with Gasteiger partial charge in [0.05, 0.1) is 28.3 Å². The number of para-hydroxylation sites is 1. The minimum Gasteiger partial charge on any atom is -0.389 e. The molecule has 3 rings (SSSR count). The van der Waals surface area contributed by atoms with Crippen LogP contribution in [0.3, 0.4) is 0 Å². The van der Waals surface area contributed by atoms with Crippen LogP contribution in [-0.4, -0.2) is 43.0 Å². The van der Waals surface area contributed by atoms with E-state index in [0.717, 1.165) is 16.6 Å². The van der Waals surface area contributed by atoms with Gasteiger partial charge in [0.1, 0.15) is 4.99 Å². The van der Waals surface area contributed by atoms with Gasteiger partial charge in [-0.25, -0.2) is 8.42 Å². The van der Waals surface area contributed by atoms with E-state index >= 15 is 0 Å². The zero-order valence-corrected chi connectivity index (χ0v) is 13.0. The molecule has 0 bridgehead atoms. The second-order valence-corrected chi connectivity index (χ2v) is 7.78. The van der Waals surface area contributed by atoms with Crippen LogP contribution in [0.2, 0.25) is 0 Å². The Kier molecular flexibility index (Phi) is 3.54. The summed E-state index contributed by atoms with van der Waals surface area (Å²) in [6.07, 6.45) is 1.67. The molecule has 21 heavy (non-hydrogen) atoms. The van der Waals surface area contributed by atoms with Crippen LogP contribution < -0.4 is 10.6 Å². The largest absolute Gasteiger partial charge is 0.389 e. The van der Waals surface area contributed by atoms with E-state index in [0.29, 0.717) is 18.7 Å². The van der Waals surface area contributed by atoms with Crippen LogP contribution in [0.25, 0.3) is 10.9 Å². The Labute approximate surface area is 128 Å². The van der Waals surface area contributed by atoms with E-state index in [4.69, 9.17) is 18.0 Å². The Morgan fingerprint density at radius 1 is 1.24 bits per heavy atom. The van der Waals surface area contributed by atoms with E-state index in [2.05, 4.69) is 4.98 Å². The summed E-state index contributed by atoms with van der Waals surface area (Å²) in [6.45, 7) is 0.901. The molecule has 0 saturated carbocycles. The van der Waals surface area contributed by atoms with Crippen molar-refractivity contribution in [3.8, 4) is 0 Å². The molecule has 110 valence electrons. The normalized spacial score (nSPS) is 17.8. The van der Waals surface area contributed by atoms with Crippen LogP contribution >= 0.6 is 12.2 Å². The Morgan fingerprint density at radius 2 is 1.90 bits per heavy atom. The van der Waals surface area contributed by atoms with Gasteiger partial charge in [0.2, 0.25) is 0 Å². The quantitative estimate of drug-likeness (QED) is 0.835. The van der Waals surface area contributed by atoms with Crippen molar-refractivity contribution in [3.05, 3.63) is 36.0 Å². The SMILES string of the molecule is NC(=S)c1cnc2ccccc2c1N1CCS(=O)(=O)CC1. The molecular weight excluding hydrogens is 306 g/mol. The second-order valence-electron chi connectivity index (χ2n) is 5.04. The first kappa shape index (κ1) is 14.2. The highest BCUT2D eigenvalue weighted by molar-refractivity contribution is 7.91. The summed E-state index contributed by atoms with van der Waals surface area (Å²) in [6, 6.07) is 7.73. The monoisotopic (exact) mass is 321 g/mol. The van der Waals surface area contributed by atoms with Crippen molar-refractivity contribution in [1.29, 1.82) is 0 Å². The minimum absolute atomic E-state index is 0.153. The second kappa shape index (κ2) is 5.23. The van der Waals surface area contributed by atoms with Gasteiger partial charge >= 0.3 is 0 Å². The van der Waals surface area contributed by atoms with Gasteiger partial charge < -0.3 is 10.6 Å². The van der Waals surface area contributed by atoms with Crippen LogP contribution in [0.1, 0.15) is 5.56 Å². The van der Waals surface area contributed by atoms with Crippen molar-refractivity contribution < 1.29 is 8.42 Å². The maximum atomic E-state index is 11.6. The zero-order chi connectivity index (χ0) is 15.0. The molecule has 0 aliphatic carbocycles. The van der Waals surface area contributed by atoms with Crippen molar-refractivity contribution in [2.45, 2.75) is 0 Å². The lowest BCUT2D eigenvalue weighted by Crippen LogP contribution is -2.41. The summed E-state index contributed by atoms with van der Waals surface area (Å²) in [4.78, 5) is 6.69. The van der Waals surface area contributed by atoms with Gasteiger partial charge in [-0.2, -0.15) is 0 Å². The Bertz CT molecular complexity index is 804. The highest BCUT2D eigenvalue weighted by Gasteiger charge is 2.25. The molecule has 2 N–H and O–H groups in total. The molecular formula is C14H15N3O2S2. The standard InChI is InChI=1S/C14H15N3O2S2/c15-14(20)11-9-16-12-4-2-1-3-10(12)13(11)17-5-7-21(18,19)8-6-17/h1-4,9H,5-8H2,(H2,15,20). The number of nitrogens with two attached hydrogens (primary N) is 1. The molecule has 0 radical (unpaired) electrons. The third kappa shape index (κ3) is 2.71. The topological polar surface area (TPSA) is 76.3 Å². The predicted molar refractivity (Wildman–Crippen MR) is 88.5 cm³/mol. The lowest BCUT2D eigenvalue weighted by Gasteiger charge is -2.31. The smallest absolute Gasteiger partial charge is 0.153 e. The summed E-state index contributed by atoms with van der Waals surface area (Å²) >= 11 is 5.12. The van der Waals surface area contributed by atoms with Crippen molar-refractivity contribution >= 4 is 43.6 Å². The van der Waals surface area contributed by atoms with Crippen molar-refractivity contribution in [2.75, 3.05) is 29.5 Å². The van der Waals surface area contributed by atoms with Crippen LogP contribution in [0.5, 0.6) is 0 Å². The summed E-state index contributed by atoms with van der Waals surface area (Å²) < 4.78 is 23.2. The summed E-state index contributed by atoms with van der Waals surface area (Å²) in [5.74, 6) is 0.306. The number of anilines is 1. The molecule has 0 spiro atoms. The van der Waals surface area contributed by atoms with Gasteiger partial charge in [-0.15, -0.1) is 0 Å². The molecule has 1 saturated heterocycles. The van der Waals surface area contributed by atoms with Crippen LogP contribution in [0.4, 0.5) is 5.69 Å². The molecule has 1 aromatic heterocycles. The van der Waals surface area contributed by atoms with E-state index in [1.807, 2.05) is 29.2 Å². The maximum Gasteiger partial charge on any atom is 0.153 e. The fraction of sp³-hybridized carbons (Fsp3) is 0.286. The van der Waals surface area contributed by atoms with Crippen molar-refractivity contribution in [2.24, 2.45) is 5.73 Å². The fourth-order valence-corrected chi connectivity index (χ4v) is 3.93. The van der Waals surface area contributed by atoms with Crippen molar-refractivity contribution in [1.82, 2.24) is 4.98 Å². The highest BCUT2D eigenvalue weighted by Crippen LogP contribution is 2.30. The number of nitrogens with zero attached hydrogens (tertiary/aromatic N) is 2. The zero-order valence-electron chi connectivity index (χ0n) is 11.3. The first-order chi connectivity index (χ1) is 9.98. The van der Waals surface area contributed by atoms with E-state index in [9.17, 15) is 8.42 Å². The predicted octanol–water partition coefficient (Wildman–Crippen LogP) is 1.10. The number of fused-ring (bicyclic) bond motifs is 1. The van der Waals surface area contributed by atoms with Crippen LogP contribution in [-0.2, 0) is 9.84 Å². The third-order valence-corrected chi connectivity index (χ3v) is 5.50. The molecule has 5 nitrogen and oxygen atoms in total. The van der Waals surface area contributed by atoms with Crippen LogP contribution in [0.15, 0.2) is 30.5 Å². The van der Waals surface area contributed by atoms with E-state index in [1.54, 1.807) is 6.20 Å². The maximum absolute atomic E-state index is 11.6. The van der Waals surface area contributed by atoms with Crippen molar-refractivity contribution in [3.63, 3.8) is 0 Å². The third-order valence-electron chi connectivity index (χ3n) is 3.67. The van der Waals surface area contributed by atoms with Gasteiger partial charge in [-0.1, -0.05) is 30.4 Å². The molecule has 0 atom stereocenters. The molecule has 1 aliphatic heterocycles. The summed E-state index contributed by atoms with van der Waals surface area (Å²) in [7, 11) is -2.93. The molecule has 1 aromatic carbocycles. The van der Waals surface area contributed by atoms with Gasteiger partial charge in [0.25, 0.3) is 0 Å². The average Bonchev–Trinajstić information content (AvgIpc) is 2.46. The van der Waals surface area contributed by atoms with Gasteiger partial charge in [-0.3, -0.25) is 4.98 Å². The first-order valence-electron chi connectivity index (χ1n) is 6.61. The number of benzene rings is 1. The number of sulfone groups is 1. The lowest BCUT2D eigenvalue weighted by atomic mass is 10.1. The lowest BCUT2D eigenvalue weighted by molar-refractivity contribution is 0.587. The Morgan fingerprint density at radius 3 is 2.57 bits per heavy atom. The molecule has 2 aromatic rings. The number of rotatable bonds is 2. The Balaban J connectivity index is 2.15. The molecule has 2 heterocycles. The average molecular weight is 321 g/mol. The fourth-order valence-electron chi connectivity index (χ4n) is 2.58. The van der Waals surface area contributed by atoms with Gasteiger partial charge in [-0.05, 0) is 6.07 Å². The van der Waals surface area contributed by atoms with Crippen LogP contribution in [0, 0.1) is 0 Å². The number of hydrogen-bond donors (Lipinski definition) is 1. The van der Waals surface area contributed by atoms with E-state index < -0.39 is 9.84 Å². The molecule has 7 heteroatoms. The molecule has 1 fully saturated rings. The summed E-state index contributed by atoms with van der Waals surface area (Å²) in [5, 5.41) is 0.946. The molecule has 1 aliphatic rings. The van der Waals surface area contributed by atoms with E-state index in [-0.39, 0.29) is 16.5 Å². The minimum atomic E-state index is -2.93. The number of aromatic nitrogens is 1. The number of pyridine rings is 1.